The second kappa shape index (κ2) is 5.72. The predicted octanol–water partition coefficient (Wildman–Crippen LogP) is 3.02. The van der Waals surface area contributed by atoms with Gasteiger partial charge in [0.15, 0.2) is 0 Å². The van der Waals surface area contributed by atoms with E-state index in [1.165, 1.54) is 12.1 Å². The van der Waals surface area contributed by atoms with Crippen LogP contribution >= 0.6 is 11.6 Å². The van der Waals surface area contributed by atoms with Crippen molar-refractivity contribution in [1.29, 1.82) is 0 Å². The molecule has 0 aliphatic rings. The molecule has 2 rings (SSSR count). The van der Waals surface area contributed by atoms with E-state index in [9.17, 15) is 4.39 Å². The maximum absolute atomic E-state index is 13.0. The molecular formula is C14H17ClFN3. The third-order valence-electron chi connectivity index (χ3n) is 3.13. The van der Waals surface area contributed by atoms with Crippen molar-refractivity contribution in [3.63, 3.8) is 0 Å². The van der Waals surface area contributed by atoms with Crippen molar-refractivity contribution >= 4 is 11.6 Å². The van der Waals surface area contributed by atoms with Crippen molar-refractivity contribution in [3.8, 4) is 0 Å². The fourth-order valence-corrected chi connectivity index (χ4v) is 2.42. The predicted molar refractivity (Wildman–Crippen MR) is 74.6 cm³/mol. The number of aryl methyl sites for hydroxylation is 2. The molecule has 1 atom stereocenters. The van der Waals surface area contributed by atoms with Crippen molar-refractivity contribution < 1.29 is 4.39 Å². The molecule has 0 bridgehead atoms. The first kappa shape index (κ1) is 14.0. The summed E-state index contributed by atoms with van der Waals surface area (Å²) in [5.41, 5.74) is 9.08. The lowest BCUT2D eigenvalue weighted by atomic mass is 9.99. The summed E-state index contributed by atoms with van der Waals surface area (Å²) < 4.78 is 14.8. The highest BCUT2D eigenvalue weighted by Crippen LogP contribution is 2.24. The maximum Gasteiger partial charge on any atom is 0.124 e. The zero-order chi connectivity index (χ0) is 14.0. The van der Waals surface area contributed by atoms with Gasteiger partial charge in [0, 0.05) is 29.9 Å². The molecule has 0 aliphatic heterocycles. The largest absolute Gasteiger partial charge is 0.324 e. The first-order valence-electron chi connectivity index (χ1n) is 6.23. The first-order chi connectivity index (χ1) is 9.01. The van der Waals surface area contributed by atoms with Gasteiger partial charge in [0.2, 0.25) is 0 Å². The van der Waals surface area contributed by atoms with Crippen LogP contribution in [0.5, 0.6) is 0 Å². The molecule has 0 spiro atoms. The Morgan fingerprint density at radius 1 is 1.47 bits per heavy atom. The van der Waals surface area contributed by atoms with E-state index < -0.39 is 0 Å². The molecule has 1 aromatic heterocycles. The molecule has 0 radical (unpaired) electrons. The maximum atomic E-state index is 13.0. The Kier molecular flexibility index (Phi) is 4.22. The highest BCUT2D eigenvalue weighted by Gasteiger charge is 2.16. The number of hydrogen-bond acceptors (Lipinski definition) is 2. The Balaban J connectivity index is 2.22. The third-order valence-corrected chi connectivity index (χ3v) is 3.48. The quantitative estimate of drug-likeness (QED) is 0.936. The molecule has 0 amide bonds. The summed E-state index contributed by atoms with van der Waals surface area (Å²) in [4.78, 5) is 0. The molecule has 1 aromatic carbocycles. The minimum absolute atomic E-state index is 0.188. The fraction of sp³-hybridized carbons (Fsp3) is 0.357. The number of rotatable bonds is 4. The molecule has 1 unspecified atom stereocenters. The summed E-state index contributed by atoms with van der Waals surface area (Å²) in [5.74, 6) is -0.335. The van der Waals surface area contributed by atoms with Gasteiger partial charge in [0.1, 0.15) is 5.82 Å². The lowest BCUT2D eigenvalue weighted by Crippen LogP contribution is -2.14. The van der Waals surface area contributed by atoms with Crippen LogP contribution in [0.15, 0.2) is 24.4 Å². The molecule has 2 aromatic rings. The molecule has 0 saturated heterocycles. The Labute approximate surface area is 117 Å². The molecule has 2 N–H and O–H groups in total. The van der Waals surface area contributed by atoms with E-state index in [-0.39, 0.29) is 11.9 Å². The van der Waals surface area contributed by atoms with Gasteiger partial charge < -0.3 is 5.73 Å². The van der Waals surface area contributed by atoms with Crippen LogP contribution in [0.2, 0.25) is 5.02 Å². The number of aromatic nitrogens is 2. The smallest absolute Gasteiger partial charge is 0.124 e. The Morgan fingerprint density at radius 2 is 2.21 bits per heavy atom. The van der Waals surface area contributed by atoms with Gasteiger partial charge in [0.25, 0.3) is 0 Å². The zero-order valence-corrected chi connectivity index (χ0v) is 11.8. The van der Waals surface area contributed by atoms with Crippen LogP contribution in [-0.2, 0) is 19.9 Å². The van der Waals surface area contributed by atoms with Gasteiger partial charge in [-0.15, -0.1) is 0 Å². The van der Waals surface area contributed by atoms with Gasteiger partial charge in [-0.25, -0.2) is 4.39 Å². The first-order valence-corrected chi connectivity index (χ1v) is 6.61. The van der Waals surface area contributed by atoms with Crippen LogP contribution in [0.25, 0.3) is 0 Å². The van der Waals surface area contributed by atoms with E-state index in [1.54, 1.807) is 10.7 Å². The number of nitrogens with two attached hydrogens (primary N) is 1. The molecular weight excluding hydrogens is 265 g/mol. The molecule has 0 fully saturated rings. The Bertz CT molecular complexity index is 580. The van der Waals surface area contributed by atoms with Crippen molar-refractivity contribution in [2.45, 2.75) is 25.8 Å². The van der Waals surface area contributed by atoms with Gasteiger partial charge in [-0.05, 0) is 30.5 Å². The molecule has 5 heteroatoms. The SMILES string of the molecule is CCc1nn(C)cc1C(N)Cc1ccc(F)cc1Cl. The zero-order valence-electron chi connectivity index (χ0n) is 11.0. The number of benzene rings is 1. The second-order valence-electron chi connectivity index (χ2n) is 4.60. The van der Waals surface area contributed by atoms with Crippen LogP contribution in [0.4, 0.5) is 4.39 Å². The number of nitrogens with zero attached hydrogens (tertiary/aromatic N) is 2. The Morgan fingerprint density at radius 3 is 2.84 bits per heavy atom. The van der Waals surface area contributed by atoms with Crippen LogP contribution < -0.4 is 5.73 Å². The summed E-state index contributed by atoms with van der Waals surface area (Å²) in [6.07, 6.45) is 3.33. The van der Waals surface area contributed by atoms with Gasteiger partial charge in [-0.1, -0.05) is 24.6 Å². The molecule has 1 heterocycles. The molecule has 0 aliphatic carbocycles. The van der Waals surface area contributed by atoms with Crippen LogP contribution in [-0.4, -0.2) is 9.78 Å². The minimum atomic E-state index is -0.335. The van der Waals surface area contributed by atoms with Crippen molar-refractivity contribution in [2.75, 3.05) is 0 Å². The number of hydrogen-bond donors (Lipinski definition) is 1. The van der Waals surface area contributed by atoms with Gasteiger partial charge in [-0.2, -0.15) is 5.10 Å². The summed E-state index contributed by atoms with van der Waals surface area (Å²) in [6.45, 7) is 2.05. The lowest BCUT2D eigenvalue weighted by Gasteiger charge is -2.12. The van der Waals surface area contributed by atoms with Gasteiger partial charge >= 0.3 is 0 Å². The van der Waals surface area contributed by atoms with Gasteiger partial charge in [-0.3, -0.25) is 4.68 Å². The molecule has 3 nitrogen and oxygen atoms in total. The van der Waals surface area contributed by atoms with Crippen LogP contribution in [0.3, 0.4) is 0 Å². The topological polar surface area (TPSA) is 43.8 Å². The molecule has 102 valence electrons. The third kappa shape index (κ3) is 3.14. The second-order valence-corrected chi connectivity index (χ2v) is 5.01. The highest BCUT2D eigenvalue weighted by molar-refractivity contribution is 6.31. The van der Waals surface area contributed by atoms with Crippen molar-refractivity contribution in [3.05, 3.63) is 52.1 Å². The highest BCUT2D eigenvalue weighted by atomic mass is 35.5. The van der Waals surface area contributed by atoms with Crippen LogP contribution in [0, 0.1) is 5.82 Å². The van der Waals surface area contributed by atoms with E-state index in [1.807, 2.05) is 20.2 Å². The monoisotopic (exact) mass is 281 g/mol. The summed E-state index contributed by atoms with van der Waals surface area (Å²) in [5, 5.41) is 4.79. The minimum Gasteiger partial charge on any atom is -0.324 e. The number of halogens is 2. The van der Waals surface area contributed by atoms with E-state index in [0.29, 0.717) is 11.4 Å². The summed E-state index contributed by atoms with van der Waals surface area (Å²) in [6, 6.07) is 4.21. The van der Waals surface area contributed by atoms with E-state index in [4.69, 9.17) is 17.3 Å². The Hall–Kier alpha value is -1.39. The normalized spacial score (nSPS) is 12.7. The summed E-state index contributed by atoms with van der Waals surface area (Å²) >= 11 is 6.02. The van der Waals surface area contributed by atoms with Crippen molar-refractivity contribution in [1.82, 2.24) is 9.78 Å². The average Bonchev–Trinajstić information content (AvgIpc) is 2.74. The van der Waals surface area contributed by atoms with E-state index in [2.05, 4.69) is 5.10 Å². The average molecular weight is 282 g/mol. The molecule has 0 saturated carbocycles. The fourth-order valence-electron chi connectivity index (χ4n) is 2.17. The lowest BCUT2D eigenvalue weighted by molar-refractivity contribution is 0.625. The van der Waals surface area contributed by atoms with E-state index >= 15 is 0 Å². The molecule has 19 heavy (non-hydrogen) atoms. The van der Waals surface area contributed by atoms with Gasteiger partial charge in [0.05, 0.1) is 5.69 Å². The van der Waals surface area contributed by atoms with Crippen molar-refractivity contribution in [2.24, 2.45) is 12.8 Å². The van der Waals surface area contributed by atoms with Crippen LogP contribution in [0.1, 0.15) is 29.8 Å². The summed E-state index contributed by atoms with van der Waals surface area (Å²) in [7, 11) is 1.88. The standard InChI is InChI=1S/C14H17ClFN3/c1-3-14-11(8-19(2)18-14)13(17)6-9-4-5-10(16)7-12(9)15/h4-5,7-8,13H,3,6,17H2,1-2H3. The van der Waals surface area contributed by atoms with E-state index in [0.717, 1.165) is 23.2 Å².